The Bertz CT molecular complexity index is 794. The summed E-state index contributed by atoms with van der Waals surface area (Å²) in [6, 6.07) is 13.8. The van der Waals surface area contributed by atoms with Crippen molar-refractivity contribution in [2.75, 3.05) is 5.73 Å². The van der Waals surface area contributed by atoms with Gasteiger partial charge in [-0.05, 0) is 35.7 Å². The van der Waals surface area contributed by atoms with Gasteiger partial charge in [0.15, 0.2) is 4.34 Å². The molecule has 2 aromatic carbocycles. The van der Waals surface area contributed by atoms with E-state index in [1.807, 2.05) is 30.3 Å². The van der Waals surface area contributed by atoms with Crippen molar-refractivity contribution in [1.82, 2.24) is 4.98 Å². The minimum Gasteiger partial charge on any atom is -0.399 e. The van der Waals surface area contributed by atoms with Crippen molar-refractivity contribution in [3.8, 4) is 0 Å². The average molecular weight is 316 g/mol. The zero-order chi connectivity index (χ0) is 14.8. The second-order valence-corrected chi connectivity index (χ2v) is 7.52. The Hall–Kier alpha value is -1.72. The Labute approximate surface area is 130 Å². The van der Waals surface area contributed by atoms with E-state index >= 15 is 0 Å². The van der Waals surface area contributed by atoms with Crippen LogP contribution < -0.4 is 5.73 Å². The number of hydrogen-bond acceptors (Lipinski definition) is 4. The molecule has 0 radical (unpaired) electrons. The topological polar surface area (TPSA) is 56.0 Å². The van der Waals surface area contributed by atoms with E-state index in [1.165, 1.54) is 16.9 Å². The highest BCUT2D eigenvalue weighted by Gasteiger charge is 2.11. The zero-order valence-corrected chi connectivity index (χ0v) is 13.3. The molecule has 0 aliphatic rings. The molecule has 1 heterocycles. The Kier molecular flexibility index (Phi) is 4.03. The van der Waals surface area contributed by atoms with E-state index in [0.29, 0.717) is 15.8 Å². The number of hydrogen-bond donors (Lipinski definition) is 1. The number of nitrogens with two attached hydrogens (primary N) is 1. The summed E-state index contributed by atoms with van der Waals surface area (Å²) in [4.78, 5) is 4.45. The van der Waals surface area contributed by atoms with Crippen LogP contribution in [0.25, 0.3) is 10.2 Å². The first kappa shape index (κ1) is 14.2. The molecule has 0 aliphatic carbocycles. The molecule has 1 unspecified atom stereocenters. The summed E-state index contributed by atoms with van der Waals surface area (Å²) in [5, 5.41) is 0. The molecular weight excluding hydrogens is 300 g/mol. The number of anilines is 1. The molecule has 2 N–H and O–H groups in total. The van der Waals surface area contributed by atoms with Gasteiger partial charge in [-0.2, -0.15) is 0 Å². The maximum absolute atomic E-state index is 12.5. The summed E-state index contributed by atoms with van der Waals surface area (Å²) in [6.45, 7) is 2.12. The summed E-state index contributed by atoms with van der Waals surface area (Å²) < 4.78 is 14.1. The molecule has 3 rings (SSSR count). The molecule has 0 bridgehead atoms. The van der Waals surface area contributed by atoms with Crippen LogP contribution in [0.5, 0.6) is 0 Å². The number of thiazole rings is 1. The number of aryl methyl sites for hydroxylation is 1. The Morgan fingerprint density at radius 1 is 1.14 bits per heavy atom. The number of nitrogen functional groups attached to an aromatic ring is 1. The molecule has 0 spiro atoms. The molecule has 108 valence electrons. The van der Waals surface area contributed by atoms with Crippen molar-refractivity contribution in [2.24, 2.45) is 0 Å². The van der Waals surface area contributed by atoms with E-state index in [2.05, 4.69) is 24.0 Å². The van der Waals surface area contributed by atoms with Gasteiger partial charge in [-0.25, -0.2) is 4.98 Å². The molecular formula is C16H16N2OS2. The molecule has 0 fully saturated rings. The monoisotopic (exact) mass is 316 g/mol. The van der Waals surface area contributed by atoms with E-state index in [0.717, 1.165) is 22.2 Å². The third kappa shape index (κ3) is 3.14. The predicted molar refractivity (Wildman–Crippen MR) is 90.0 cm³/mol. The molecule has 21 heavy (non-hydrogen) atoms. The molecule has 3 nitrogen and oxygen atoms in total. The highest BCUT2D eigenvalue weighted by atomic mass is 32.2. The average Bonchev–Trinajstić information content (AvgIpc) is 2.91. The number of nitrogens with zero attached hydrogens (tertiary/aromatic N) is 1. The van der Waals surface area contributed by atoms with Crippen LogP contribution in [0.4, 0.5) is 5.69 Å². The number of fused-ring (bicyclic) bond motifs is 1. The van der Waals surface area contributed by atoms with Crippen molar-refractivity contribution in [1.29, 1.82) is 0 Å². The van der Waals surface area contributed by atoms with E-state index in [1.54, 1.807) is 0 Å². The summed E-state index contributed by atoms with van der Waals surface area (Å²) >= 11 is 1.46. The van der Waals surface area contributed by atoms with Crippen molar-refractivity contribution < 1.29 is 4.21 Å². The second-order valence-electron chi connectivity index (χ2n) is 4.87. The van der Waals surface area contributed by atoms with Crippen molar-refractivity contribution in [2.45, 2.75) is 23.4 Å². The van der Waals surface area contributed by atoms with Crippen LogP contribution in [0.3, 0.4) is 0 Å². The Morgan fingerprint density at radius 3 is 2.57 bits per heavy atom. The fourth-order valence-corrected chi connectivity index (χ4v) is 4.48. The quantitative estimate of drug-likeness (QED) is 0.746. The molecule has 1 aromatic heterocycles. The standard InChI is InChI=1S/C16H16N2OS2/c1-2-11-3-5-12(6-4-11)10-21(19)16-18-14-8-7-13(17)9-15(14)20-16/h3-9H,2,10,17H2,1H3. The highest BCUT2D eigenvalue weighted by Crippen LogP contribution is 2.27. The van der Waals surface area contributed by atoms with Crippen molar-refractivity contribution >= 4 is 38.0 Å². The maximum atomic E-state index is 12.5. The van der Waals surface area contributed by atoms with E-state index in [-0.39, 0.29) is 0 Å². The smallest absolute Gasteiger partial charge is 0.182 e. The van der Waals surface area contributed by atoms with E-state index < -0.39 is 10.8 Å². The predicted octanol–water partition coefficient (Wildman–Crippen LogP) is 3.75. The molecule has 0 aliphatic heterocycles. The van der Waals surface area contributed by atoms with Gasteiger partial charge >= 0.3 is 0 Å². The van der Waals surface area contributed by atoms with Crippen molar-refractivity contribution in [3.63, 3.8) is 0 Å². The van der Waals surface area contributed by atoms with Gasteiger partial charge in [0.05, 0.1) is 26.8 Å². The number of rotatable bonds is 4. The van der Waals surface area contributed by atoms with Crippen LogP contribution in [-0.2, 0) is 23.0 Å². The maximum Gasteiger partial charge on any atom is 0.182 e. The minimum absolute atomic E-state index is 0.499. The first-order valence-corrected chi connectivity index (χ1v) is 8.91. The summed E-state index contributed by atoms with van der Waals surface area (Å²) in [7, 11) is -1.12. The summed E-state index contributed by atoms with van der Waals surface area (Å²) in [5.74, 6) is 0.499. The van der Waals surface area contributed by atoms with E-state index in [9.17, 15) is 4.21 Å². The number of aromatic nitrogens is 1. The molecule has 0 saturated carbocycles. The van der Waals surface area contributed by atoms with Crippen LogP contribution in [0.1, 0.15) is 18.1 Å². The van der Waals surface area contributed by atoms with Gasteiger partial charge in [-0.15, -0.1) is 11.3 Å². The van der Waals surface area contributed by atoms with Gasteiger partial charge in [0.25, 0.3) is 0 Å². The van der Waals surface area contributed by atoms with Gasteiger partial charge in [0.1, 0.15) is 0 Å². The molecule has 0 amide bonds. The number of benzene rings is 2. The lowest BCUT2D eigenvalue weighted by Gasteiger charge is -2.01. The van der Waals surface area contributed by atoms with Crippen molar-refractivity contribution in [3.05, 3.63) is 53.6 Å². The molecule has 3 aromatic rings. The summed E-state index contributed by atoms with van der Waals surface area (Å²) in [6.07, 6.45) is 1.02. The van der Waals surface area contributed by atoms with Crippen LogP contribution in [0.15, 0.2) is 46.8 Å². The highest BCUT2D eigenvalue weighted by molar-refractivity contribution is 7.86. The van der Waals surface area contributed by atoms with Gasteiger partial charge < -0.3 is 5.73 Å². The van der Waals surface area contributed by atoms with Gasteiger partial charge in [0, 0.05) is 5.69 Å². The lowest BCUT2D eigenvalue weighted by atomic mass is 10.1. The first-order valence-electron chi connectivity index (χ1n) is 6.78. The molecule has 5 heteroatoms. The Balaban J connectivity index is 1.82. The zero-order valence-electron chi connectivity index (χ0n) is 11.7. The van der Waals surface area contributed by atoms with Crippen LogP contribution in [0, 0.1) is 0 Å². The largest absolute Gasteiger partial charge is 0.399 e. The third-order valence-corrected chi connectivity index (χ3v) is 6.01. The van der Waals surface area contributed by atoms with Gasteiger partial charge in [0.2, 0.25) is 0 Å². The second kappa shape index (κ2) is 5.95. The van der Waals surface area contributed by atoms with E-state index in [4.69, 9.17) is 5.73 Å². The van der Waals surface area contributed by atoms with Crippen LogP contribution in [-0.4, -0.2) is 9.19 Å². The lowest BCUT2D eigenvalue weighted by molar-refractivity contribution is 0.682. The van der Waals surface area contributed by atoms with Crippen LogP contribution in [0.2, 0.25) is 0 Å². The summed E-state index contributed by atoms with van der Waals surface area (Å²) in [5.41, 5.74) is 9.70. The fraction of sp³-hybridized carbons (Fsp3) is 0.188. The first-order chi connectivity index (χ1) is 10.2. The Morgan fingerprint density at radius 2 is 1.86 bits per heavy atom. The minimum atomic E-state index is -1.12. The normalized spacial score (nSPS) is 12.6. The van der Waals surface area contributed by atoms with Crippen LogP contribution >= 0.6 is 11.3 Å². The lowest BCUT2D eigenvalue weighted by Crippen LogP contribution is -1.96. The third-order valence-electron chi connectivity index (χ3n) is 3.32. The van der Waals surface area contributed by atoms with Gasteiger partial charge in [-0.1, -0.05) is 31.2 Å². The van der Waals surface area contributed by atoms with Gasteiger partial charge in [-0.3, -0.25) is 4.21 Å². The molecule has 0 saturated heterocycles. The molecule has 1 atom stereocenters. The fourth-order valence-electron chi connectivity index (χ4n) is 2.10. The SMILES string of the molecule is CCc1ccc(CS(=O)c2nc3ccc(N)cc3s2)cc1.